The lowest BCUT2D eigenvalue weighted by Gasteiger charge is -2.30. The first-order valence-electron chi connectivity index (χ1n) is 9.91. The lowest BCUT2D eigenvalue weighted by molar-refractivity contribution is -0.117. The van der Waals surface area contributed by atoms with Gasteiger partial charge in [0.2, 0.25) is 5.91 Å². The molecule has 0 aromatic heterocycles. The van der Waals surface area contributed by atoms with Gasteiger partial charge in [0.05, 0.1) is 12.2 Å². The zero-order chi connectivity index (χ0) is 21.1. The molecule has 2 heterocycles. The summed E-state index contributed by atoms with van der Waals surface area (Å²) in [5, 5.41) is 2.40. The van der Waals surface area contributed by atoms with E-state index in [2.05, 4.69) is 5.32 Å². The summed E-state index contributed by atoms with van der Waals surface area (Å²) in [6.45, 7) is 2.16. The maximum Gasteiger partial charge on any atom is 0.238 e. The topological polar surface area (TPSA) is 67.9 Å². The van der Waals surface area contributed by atoms with Crippen LogP contribution in [0.3, 0.4) is 0 Å². The van der Waals surface area contributed by atoms with E-state index >= 15 is 0 Å². The first kappa shape index (κ1) is 20.3. The molecule has 8 heteroatoms. The summed E-state index contributed by atoms with van der Waals surface area (Å²) in [6.07, 6.45) is 1.24. The number of likely N-dealkylation sites (tertiary alicyclic amines) is 1. The highest BCUT2D eigenvalue weighted by Crippen LogP contribution is 2.32. The summed E-state index contributed by atoms with van der Waals surface area (Å²) in [5.41, 5.74) is 0.417. The molecule has 6 nitrogen and oxygen atoms in total. The average Bonchev–Trinajstić information content (AvgIpc) is 2.76. The number of benzene rings is 2. The number of hydrogen-bond donors (Lipinski definition) is 1. The molecule has 0 saturated carbocycles. The summed E-state index contributed by atoms with van der Waals surface area (Å²) in [5.74, 6) is -0.570. The Bertz CT molecular complexity index is 958. The summed E-state index contributed by atoms with van der Waals surface area (Å²) in [4.78, 5) is 26.9. The van der Waals surface area contributed by atoms with Crippen LogP contribution in [-0.2, 0) is 4.79 Å². The van der Waals surface area contributed by atoms with Crippen molar-refractivity contribution in [3.63, 3.8) is 0 Å². The zero-order valence-electron chi connectivity index (χ0n) is 16.3. The van der Waals surface area contributed by atoms with Crippen LogP contribution in [0.1, 0.15) is 23.2 Å². The molecule has 4 rings (SSSR count). The predicted octanol–water partition coefficient (Wildman–Crippen LogP) is 3.27. The minimum absolute atomic E-state index is 0.0536. The standard InChI is InChI=1S/C22H22F2N2O4/c23-16-2-3-17(24)18(12-16)25-21(27)13-26-7-5-14(6-8-26)22(28)15-1-4-19-20(11-15)30-10-9-29-19/h1-4,11-12,14H,5-10,13H2,(H,25,27). The number of hydrogen-bond acceptors (Lipinski definition) is 5. The van der Waals surface area contributed by atoms with Gasteiger partial charge >= 0.3 is 0 Å². The Kier molecular flexibility index (Phi) is 5.94. The quantitative estimate of drug-likeness (QED) is 0.758. The van der Waals surface area contributed by atoms with Gasteiger partial charge in [0.15, 0.2) is 17.3 Å². The molecule has 1 fully saturated rings. The van der Waals surface area contributed by atoms with Gasteiger partial charge in [0.1, 0.15) is 24.8 Å². The van der Waals surface area contributed by atoms with Crippen molar-refractivity contribution in [1.29, 1.82) is 0 Å². The molecule has 0 spiro atoms. The van der Waals surface area contributed by atoms with Crippen LogP contribution in [0.4, 0.5) is 14.5 Å². The van der Waals surface area contributed by atoms with E-state index in [0.717, 1.165) is 18.2 Å². The Balaban J connectivity index is 1.30. The molecular weight excluding hydrogens is 394 g/mol. The van der Waals surface area contributed by atoms with E-state index in [9.17, 15) is 18.4 Å². The van der Waals surface area contributed by atoms with E-state index in [1.165, 1.54) is 0 Å². The predicted molar refractivity (Wildman–Crippen MR) is 106 cm³/mol. The summed E-state index contributed by atoms with van der Waals surface area (Å²) in [7, 11) is 0. The van der Waals surface area contributed by atoms with Crippen molar-refractivity contribution >= 4 is 17.4 Å². The normalized spacial score (nSPS) is 16.9. The number of Topliss-reactive ketones (excluding diaryl/α,β-unsaturated/α-hetero) is 1. The molecule has 30 heavy (non-hydrogen) atoms. The number of ether oxygens (including phenoxy) is 2. The zero-order valence-corrected chi connectivity index (χ0v) is 16.3. The van der Waals surface area contributed by atoms with Gasteiger partial charge in [-0.25, -0.2) is 8.78 Å². The molecule has 0 aliphatic carbocycles. The Labute approximate surface area is 172 Å². The van der Waals surface area contributed by atoms with Crippen LogP contribution in [0, 0.1) is 17.6 Å². The lowest BCUT2D eigenvalue weighted by Crippen LogP contribution is -2.40. The van der Waals surface area contributed by atoms with Crippen LogP contribution in [-0.4, -0.2) is 49.4 Å². The molecule has 1 saturated heterocycles. The number of nitrogens with one attached hydrogen (secondary N) is 1. The molecule has 0 unspecified atom stereocenters. The molecule has 1 N–H and O–H groups in total. The highest BCUT2D eigenvalue weighted by molar-refractivity contribution is 5.98. The number of amides is 1. The third-order valence-electron chi connectivity index (χ3n) is 5.35. The number of nitrogens with zero attached hydrogens (tertiary/aromatic N) is 1. The Morgan fingerprint density at radius 1 is 1.00 bits per heavy atom. The van der Waals surface area contributed by atoms with Crippen LogP contribution in [0.5, 0.6) is 11.5 Å². The second-order valence-corrected chi connectivity index (χ2v) is 7.45. The smallest absolute Gasteiger partial charge is 0.238 e. The molecule has 2 aromatic rings. The van der Waals surface area contributed by atoms with Gasteiger partial charge < -0.3 is 14.8 Å². The van der Waals surface area contributed by atoms with Gasteiger partial charge in [-0.2, -0.15) is 0 Å². The Hall–Kier alpha value is -3.00. The van der Waals surface area contributed by atoms with E-state index in [1.54, 1.807) is 18.2 Å². The van der Waals surface area contributed by atoms with E-state index < -0.39 is 17.5 Å². The number of rotatable bonds is 5. The number of ketones is 1. The van der Waals surface area contributed by atoms with Gasteiger partial charge in [-0.1, -0.05) is 0 Å². The van der Waals surface area contributed by atoms with Crippen molar-refractivity contribution in [2.24, 2.45) is 5.92 Å². The molecule has 0 atom stereocenters. The maximum absolute atomic E-state index is 13.7. The molecule has 2 aliphatic rings. The fourth-order valence-electron chi connectivity index (χ4n) is 3.77. The first-order valence-corrected chi connectivity index (χ1v) is 9.91. The molecule has 1 amide bonds. The Morgan fingerprint density at radius 2 is 1.73 bits per heavy atom. The number of piperidine rings is 1. The molecule has 2 aliphatic heterocycles. The molecule has 2 aromatic carbocycles. The SMILES string of the molecule is O=C(CN1CCC(C(=O)c2ccc3c(c2)OCCO3)CC1)Nc1cc(F)ccc1F. The van der Waals surface area contributed by atoms with Crippen molar-refractivity contribution in [3.05, 3.63) is 53.6 Å². The van der Waals surface area contributed by atoms with Crippen molar-refractivity contribution in [1.82, 2.24) is 4.90 Å². The number of halogens is 2. The number of anilines is 1. The fourth-order valence-corrected chi connectivity index (χ4v) is 3.77. The van der Waals surface area contributed by atoms with Gasteiger partial charge in [-0.3, -0.25) is 14.5 Å². The average molecular weight is 416 g/mol. The van der Waals surface area contributed by atoms with Crippen LogP contribution in [0.25, 0.3) is 0 Å². The largest absolute Gasteiger partial charge is 0.486 e. The van der Waals surface area contributed by atoms with Gasteiger partial charge in [0.25, 0.3) is 0 Å². The first-order chi connectivity index (χ1) is 14.5. The highest BCUT2D eigenvalue weighted by Gasteiger charge is 2.27. The van der Waals surface area contributed by atoms with E-state index in [4.69, 9.17) is 9.47 Å². The van der Waals surface area contributed by atoms with Crippen LogP contribution in [0.15, 0.2) is 36.4 Å². The number of carbonyl (C=O) groups excluding carboxylic acids is 2. The van der Waals surface area contributed by atoms with Gasteiger partial charge in [-0.15, -0.1) is 0 Å². The van der Waals surface area contributed by atoms with Crippen molar-refractivity contribution in [2.75, 3.05) is 38.2 Å². The van der Waals surface area contributed by atoms with E-state index in [-0.39, 0.29) is 23.9 Å². The summed E-state index contributed by atoms with van der Waals surface area (Å²) in [6, 6.07) is 8.15. The van der Waals surface area contributed by atoms with Crippen molar-refractivity contribution < 1.29 is 27.8 Å². The van der Waals surface area contributed by atoms with E-state index in [1.807, 2.05) is 4.90 Å². The van der Waals surface area contributed by atoms with Crippen LogP contribution in [0.2, 0.25) is 0 Å². The molecular formula is C22H22F2N2O4. The second kappa shape index (κ2) is 8.79. The minimum atomic E-state index is -0.687. The van der Waals surface area contributed by atoms with Gasteiger partial charge in [0, 0.05) is 17.5 Å². The fraction of sp³-hybridized carbons (Fsp3) is 0.364. The van der Waals surface area contributed by atoms with Crippen LogP contribution >= 0.6 is 0 Å². The number of fused-ring (bicyclic) bond motifs is 1. The number of carbonyl (C=O) groups is 2. The third-order valence-corrected chi connectivity index (χ3v) is 5.35. The lowest BCUT2D eigenvalue weighted by atomic mass is 9.88. The highest BCUT2D eigenvalue weighted by atomic mass is 19.1. The van der Waals surface area contributed by atoms with E-state index in [0.29, 0.717) is 56.2 Å². The Morgan fingerprint density at radius 3 is 2.50 bits per heavy atom. The summed E-state index contributed by atoms with van der Waals surface area (Å²) >= 11 is 0. The second-order valence-electron chi connectivity index (χ2n) is 7.45. The molecule has 0 bridgehead atoms. The van der Waals surface area contributed by atoms with Crippen LogP contribution < -0.4 is 14.8 Å². The van der Waals surface area contributed by atoms with Crippen molar-refractivity contribution in [2.45, 2.75) is 12.8 Å². The maximum atomic E-state index is 13.7. The minimum Gasteiger partial charge on any atom is -0.486 e. The monoisotopic (exact) mass is 416 g/mol. The molecule has 0 radical (unpaired) electrons. The van der Waals surface area contributed by atoms with Crippen molar-refractivity contribution in [3.8, 4) is 11.5 Å². The third kappa shape index (κ3) is 4.59. The molecule has 158 valence electrons. The summed E-state index contributed by atoms with van der Waals surface area (Å²) < 4.78 is 37.9. The van der Waals surface area contributed by atoms with Gasteiger partial charge in [-0.05, 0) is 56.3 Å².